The molecule has 1 N–H and O–H groups in total. The van der Waals surface area contributed by atoms with Gasteiger partial charge in [0.2, 0.25) is 10.0 Å². The van der Waals surface area contributed by atoms with Crippen molar-refractivity contribution in [3.05, 3.63) is 16.1 Å². The molecule has 0 saturated carbocycles. The Kier molecular flexibility index (Phi) is 5.45. The summed E-state index contributed by atoms with van der Waals surface area (Å²) < 4.78 is 34.9. The average Bonchev–Trinajstić information content (AvgIpc) is 2.52. The number of halogens is 2. The van der Waals surface area contributed by atoms with Gasteiger partial charge in [-0.1, -0.05) is 23.2 Å². The highest BCUT2D eigenvalue weighted by Crippen LogP contribution is 2.41. The molecule has 12 heteroatoms. The van der Waals surface area contributed by atoms with Gasteiger partial charge in [0.25, 0.3) is 11.8 Å². The van der Waals surface area contributed by atoms with E-state index in [4.69, 9.17) is 37.8 Å². The van der Waals surface area contributed by atoms with Crippen LogP contribution in [0.5, 0.6) is 11.8 Å². The van der Waals surface area contributed by atoms with Crippen LogP contribution in [0.25, 0.3) is 11.0 Å². The maximum Gasteiger partial charge on any atom is 0.324 e. The largest absolute Gasteiger partial charge is 0.480 e. The van der Waals surface area contributed by atoms with E-state index in [0.29, 0.717) is 4.31 Å². The first-order valence-electron chi connectivity index (χ1n) is 6.57. The molecule has 0 atom stereocenters. The van der Waals surface area contributed by atoms with Gasteiger partial charge in [-0.25, -0.2) is 18.4 Å². The monoisotopic (exact) mass is 409 g/mol. The number of nitrogens with zero attached hydrogens (tertiary/aromatic N) is 3. The summed E-state index contributed by atoms with van der Waals surface area (Å²) in [7, 11) is -1.34. The minimum atomic E-state index is -4.01. The second-order valence-corrected chi connectivity index (χ2v) is 7.49. The summed E-state index contributed by atoms with van der Waals surface area (Å²) >= 11 is 12.2. The van der Waals surface area contributed by atoms with Crippen molar-refractivity contribution >= 4 is 55.9 Å². The van der Waals surface area contributed by atoms with Gasteiger partial charge in [0, 0.05) is 0 Å². The summed E-state index contributed by atoms with van der Waals surface area (Å²) in [6.07, 6.45) is 0.840. The maximum atomic E-state index is 12.1. The third kappa shape index (κ3) is 3.80. The standard InChI is InChI=1S/C13H13Cl2N3O6S/c1-23-12-13(24-2)17-10-7(16-12)4-6(14)9(15)11(10)18(5-8(19)20)25(3,21)22/h4H,5H2,1-3H3,(H,19,20). The zero-order chi connectivity index (χ0) is 18.9. The number of fused-ring (bicyclic) bond motifs is 1. The molecule has 1 aromatic heterocycles. The van der Waals surface area contributed by atoms with Crippen molar-refractivity contribution in [2.45, 2.75) is 0 Å². The molecular formula is C13H13Cl2N3O6S. The Balaban J connectivity index is 2.93. The van der Waals surface area contributed by atoms with Crippen molar-refractivity contribution in [3.63, 3.8) is 0 Å². The van der Waals surface area contributed by atoms with E-state index >= 15 is 0 Å². The van der Waals surface area contributed by atoms with E-state index in [1.54, 1.807) is 0 Å². The maximum absolute atomic E-state index is 12.1. The number of hydrogen-bond donors (Lipinski definition) is 1. The first-order chi connectivity index (χ1) is 11.6. The van der Waals surface area contributed by atoms with Crippen LogP contribution < -0.4 is 13.8 Å². The van der Waals surface area contributed by atoms with Crippen LogP contribution in [0.2, 0.25) is 10.0 Å². The fourth-order valence-corrected chi connectivity index (χ4v) is 3.41. The highest BCUT2D eigenvalue weighted by atomic mass is 35.5. The number of carboxylic acids is 1. The summed E-state index contributed by atoms with van der Waals surface area (Å²) in [5, 5.41) is 8.86. The summed E-state index contributed by atoms with van der Waals surface area (Å²) in [4.78, 5) is 19.4. The minimum absolute atomic E-state index is 0.00118. The van der Waals surface area contributed by atoms with E-state index in [1.807, 2.05) is 0 Å². The van der Waals surface area contributed by atoms with Gasteiger partial charge < -0.3 is 14.6 Å². The number of carbonyl (C=O) groups is 1. The molecule has 2 rings (SSSR count). The first-order valence-corrected chi connectivity index (χ1v) is 9.17. The molecule has 0 aliphatic heterocycles. The molecule has 2 aromatic rings. The Morgan fingerprint density at radius 2 is 1.80 bits per heavy atom. The van der Waals surface area contributed by atoms with Crippen LogP contribution in [0.4, 0.5) is 5.69 Å². The summed E-state index contributed by atoms with van der Waals surface area (Å²) in [5.41, 5.74) is -0.0534. The predicted molar refractivity (Wildman–Crippen MR) is 92.5 cm³/mol. The predicted octanol–water partition coefficient (Wildman–Crippen LogP) is 1.80. The van der Waals surface area contributed by atoms with E-state index in [9.17, 15) is 13.2 Å². The molecule has 1 heterocycles. The zero-order valence-corrected chi connectivity index (χ0v) is 15.6. The number of aliphatic carboxylic acids is 1. The SMILES string of the molecule is COc1nc2cc(Cl)c(Cl)c(N(CC(=O)O)S(C)(=O)=O)c2nc1OC. The van der Waals surface area contributed by atoms with Gasteiger partial charge >= 0.3 is 5.97 Å². The number of carboxylic acid groups (broad SMARTS) is 1. The molecule has 25 heavy (non-hydrogen) atoms. The van der Waals surface area contributed by atoms with Crippen molar-refractivity contribution in [3.8, 4) is 11.8 Å². The highest BCUT2D eigenvalue weighted by molar-refractivity contribution is 7.92. The van der Waals surface area contributed by atoms with Crippen LogP contribution in [-0.4, -0.2) is 56.5 Å². The number of ether oxygens (including phenoxy) is 2. The Morgan fingerprint density at radius 3 is 2.28 bits per heavy atom. The van der Waals surface area contributed by atoms with Crippen molar-refractivity contribution in [2.75, 3.05) is 31.3 Å². The van der Waals surface area contributed by atoms with Crippen LogP contribution >= 0.6 is 23.2 Å². The van der Waals surface area contributed by atoms with Gasteiger partial charge in [-0.05, 0) is 6.07 Å². The van der Waals surface area contributed by atoms with Crippen LogP contribution in [0.3, 0.4) is 0 Å². The molecule has 0 unspecified atom stereocenters. The van der Waals surface area contributed by atoms with Gasteiger partial charge in [0.15, 0.2) is 0 Å². The van der Waals surface area contributed by atoms with Crippen molar-refractivity contribution in [1.82, 2.24) is 9.97 Å². The molecule has 0 bridgehead atoms. The number of sulfonamides is 1. The zero-order valence-electron chi connectivity index (χ0n) is 13.3. The Hall–Kier alpha value is -2.04. The van der Waals surface area contributed by atoms with E-state index in [0.717, 1.165) is 6.26 Å². The highest BCUT2D eigenvalue weighted by Gasteiger charge is 2.28. The molecule has 1 aromatic carbocycles. The van der Waals surface area contributed by atoms with E-state index < -0.39 is 22.5 Å². The van der Waals surface area contributed by atoms with Crippen molar-refractivity contribution < 1.29 is 27.8 Å². The molecule has 136 valence electrons. The van der Waals surface area contributed by atoms with Gasteiger partial charge in [0.1, 0.15) is 17.7 Å². The number of methoxy groups -OCH3 is 2. The third-order valence-corrected chi connectivity index (χ3v) is 4.97. The fraction of sp³-hybridized carbons (Fsp3) is 0.308. The lowest BCUT2D eigenvalue weighted by Crippen LogP contribution is -2.35. The lowest BCUT2D eigenvalue weighted by molar-refractivity contribution is -0.135. The normalized spacial score (nSPS) is 11.4. The minimum Gasteiger partial charge on any atom is -0.480 e. The smallest absolute Gasteiger partial charge is 0.324 e. The Morgan fingerprint density at radius 1 is 1.24 bits per heavy atom. The molecule has 0 aliphatic carbocycles. The Labute approximate surface area is 153 Å². The number of hydrogen-bond acceptors (Lipinski definition) is 7. The molecule has 0 fully saturated rings. The van der Waals surface area contributed by atoms with Crippen LogP contribution in [0.1, 0.15) is 0 Å². The van der Waals surface area contributed by atoms with E-state index in [1.165, 1.54) is 20.3 Å². The topological polar surface area (TPSA) is 119 Å². The first kappa shape index (κ1) is 19.3. The summed E-state index contributed by atoms with van der Waals surface area (Å²) in [5.74, 6) is -1.37. The van der Waals surface area contributed by atoms with Crippen LogP contribution in [0.15, 0.2) is 6.07 Å². The van der Waals surface area contributed by atoms with Crippen LogP contribution in [-0.2, 0) is 14.8 Å². The van der Waals surface area contributed by atoms with Gasteiger partial charge in [-0.3, -0.25) is 9.10 Å². The van der Waals surface area contributed by atoms with E-state index in [-0.39, 0.29) is 38.5 Å². The average molecular weight is 410 g/mol. The second kappa shape index (κ2) is 7.06. The second-order valence-electron chi connectivity index (χ2n) is 4.79. The lowest BCUT2D eigenvalue weighted by Gasteiger charge is -2.23. The third-order valence-electron chi connectivity index (χ3n) is 3.08. The molecular weight excluding hydrogens is 397 g/mol. The summed E-state index contributed by atoms with van der Waals surface area (Å²) in [6.45, 7) is -0.871. The van der Waals surface area contributed by atoms with Crippen LogP contribution in [0, 0.1) is 0 Å². The molecule has 0 saturated heterocycles. The van der Waals surface area contributed by atoms with Gasteiger partial charge in [0.05, 0.1) is 36.0 Å². The van der Waals surface area contributed by atoms with Gasteiger partial charge in [-0.15, -0.1) is 0 Å². The molecule has 0 spiro atoms. The number of anilines is 1. The van der Waals surface area contributed by atoms with E-state index in [2.05, 4.69) is 9.97 Å². The lowest BCUT2D eigenvalue weighted by atomic mass is 10.2. The number of benzene rings is 1. The molecule has 0 amide bonds. The molecule has 9 nitrogen and oxygen atoms in total. The van der Waals surface area contributed by atoms with Gasteiger partial charge in [-0.2, -0.15) is 0 Å². The Bertz CT molecular complexity index is 951. The quantitative estimate of drug-likeness (QED) is 0.766. The number of rotatable bonds is 6. The molecule has 0 radical (unpaired) electrons. The fourth-order valence-electron chi connectivity index (χ4n) is 2.07. The summed E-state index contributed by atoms with van der Waals surface area (Å²) in [6, 6.07) is 1.36. The molecule has 0 aliphatic rings. The number of aromatic nitrogens is 2. The van der Waals surface area contributed by atoms with Crippen molar-refractivity contribution in [2.24, 2.45) is 0 Å². The van der Waals surface area contributed by atoms with Crippen molar-refractivity contribution in [1.29, 1.82) is 0 Å².